The molecule has 1 aliphatic rings. The first-order valence-corrected chi connectivity index (χ1v) is 8.55. The van der Waals surface area contributed by atoms with Crippen molar-refractivity contribution >= 4 is 5.91 Å². The van der Waals surface area contributed by atoms with Crippen molar-refractivity contribution in [2.24, 2.45) is 0 Å². The number of methoxy groups -OCH3 is 1. The summed E-state index contributed by atoms with van der Waals surface area (Å²) in [4.78, 5) is 16.5. The van der Waals surface area contributed by atoms with Gasteiger partial charge in [-0.1, -0.05) is 48.5 Å². The lowest BCUT2D eigenvalue weighted by Gasteiger charge is -2.35. The van der Waals surface area contributed by atoms with Gasteiger partial charge in [-0.3, -0.25) is 9.69 Å². The van der Waals surface area contributed by atoms with Crippen molar-refractivity contribution in [1.82, 2.24) is 9.80 Å². The Bertz CT molecular complexity index is 697. The molecule has 0 radical (unpaired) electrons. The van der Waals surface area contributed by atoms with Gasteiger partial charge in [0, 0.05) is 38.3 Å². The smallest absolute Gasteiger partial charge is 0.256 e. The summed E-state index contributed by atoms with van der Waals surface area (Å²) in [5.41, 5.74) is 1.79. The highest BCUT2D eigenvalue weighted by molar-refractivity contribution is 5.82. The van der Waals surface area contributed by atoms with Crippen LogP contribution in [0.3, 0.4) is 0 Å². The van der Waals surface area contributed by atoms with Crippen molar-refractivity contribution in [3.05, 3.63) is 65.7 Å². The lowest BCUT2D eigenvalue weighted by Crippen LogP contribution is -2.49. The van der Waals surface area contributed by atoms with Crippen molar-refractivity contribution in [3.63, 3.8) is 0 Å². The van der Waals surface area contributed by atoms with E-state index >= 15 is 0 Å². The lowest BCUT2D eigenvalue weighted by atomic mass is 10.1. The zero-order chi connectivity index (χ0) is 17.6. The molecule has 0 aliphatic carbocycles. The first kappa shape index (κ1) is 17.5. The van der Waals surface area contributed by atoms with Gasteiger partial charge in [-0.05, 0) is 11.6 Å². The van der Waals surface area contributed by atoms with Gasteiger partial charge in [-0.15, -0.1) is 0 Å². The number of amides is 1. The van der Waals surface area contributed by atoms with E-state index in [0.717, 1.165) is 30.9 Å². The largest absolute Gasteiger partial charge is 0.496 e. The number of piperazine rings is 1. The van der Waals surface area contributed by atoms with E-state index in [1.165, 1.54) is 0 Å². The molecule has 5 nitrogen and oxygen atoms in total. The molecule has 25 heavy (non-hydrogen) atoms. The number of aliphatic hydroxyl groups excluding tert-OH is 1. The molecule has 2 aromatic carbocycles. The van der Waals surface area contributed by atoms with Crippen molar-refractivity contribution in [2.45, 2.75) is 12.6 Å². The van der Waals surface area contributed by atoms with Crippen LogP contribution in [-0.2, 0) is 11.3 Å². The average Bonchev–Trinajstić information content (AvgIpc) is 2.68. The Kier molecular flexibility index (Phi) is 5.68. The molecular weight excluding hydrogens is 316 g/mol. The molecule has 2 aromatic rings. The number of aliphatic hydroxyl groups is 1. The van der Waals surface area contributed by atoms with Gasteiger partial charge in [-0.2, -0.15) is 0 Å². The molecule has 1 aliphatic heterocycles. The normalized spacial score (nSPS) is 16.5. The molecule has 1 unspecified atom stereocenters. The molecule has 3 rings (SSSR count). The van der Waals surface area contributed by atoms with E-state index in [9.17, 15) is 9.90 Å². The highest BCUT2D eigenvalue weighted by Gasteiger charge is 2.27. The number of carbonyl (C=O) groups is 1. The summed E-state index contributed by atoms with van der Waals surface area (Å²) < 4.78 is 5.40. The van der Waals surface area contributed by atoms with E-state index in [1.54, 1.807) is 24.1 Å². The van der Waals surface area contributed by atoms with Crippen molar-refractivity contribution in [3.8, 4) is 5.75 Å². The summed E-state index contributed by atoms with van der Waals surface area (Å²) in [6.07, 6.45) is -1.08. The third kappa shape index (κ3) is 4.18. The Labute approximate surface area is 148 Å². The van der Waals surface area contributed by atoms with Gasteiger partial charge in [0.15, 0.2) is 6.10 Å². The van der Waals surface area contributed by atoms with Crippen LogP contribution in [0.15, 0.2) is 54.6 Å². The molecule has 5 heteroatoms. The van der Waals surface area contributed by atoms with Crippen LogP contribution in [0.25, 0.3) is 0 Å². The molecule has 1 fully saturated rings. The molecule has 1 heterocycles. The molecule has 1 N–H and O–H groups in total. The molecule has 132 valence electrons. The van der Waals surface area contributed by atoms with Crippen LogP contribution in [0.4, 0.5) is 0 Å². The van der Waals surface area contributed by atoms with Crippen molar-refractivity contribution in [2.75, 3.05) is 33.3 Å². The minimum atomic E-state index is -1.08. The standard InChI is InChI=1S/C20H24N2O3/c1-25-18-10-6-5-9-17(18)15-21-11-13-22(14-12-21)20(24)19(23)16-7-3-2-4-8-16/h2-10,19,23H,11-15H2,1H3. The van der Waals surface area contributed by atoms with Crippen LogP contribution >= 0.6 is 0 Å². The number of hydrogen-bond acceptors (Lipinski definition) is 4. The maximum Gasteiger partial charge on any atom is 0.256 e. The molecule has 1 saturated heterocycles. The van der Waals surface area contributed by atoms with E-state index < -0.39 is 6.10 Å². The molecule has 0 bridgehead atoms. The van der Waals surface area contributed by atoms with E-state index in [2.05, 4.69) is 11.0 Å². The topological polar surface area (TPSA) is 53.0 Å². The third-order valence-corrected chi connectivity index (χ3v) is 4.62. The number of hydrogen-bond donors (Lipinski definition) is 1. The van der Waals surface area contributed by atoms with Crippen LogP contribution in [-0.4, -0.2) is 54.1 Å². The Balaban J connectivity index is 1.56. The highest BCUT2D eigenvalue weighted by atomic mass is 16.5. The van der Waals surface area contributed by atoms with E-state index in [1.807, 2.05) is 36.4 Å². The van der Waals surface area contributed by atoms with Gasteiger partial charge >= 0.3 is 0 Å². The van der Waals surface area contributed by atoms with Crippen LogP contribution in [0.5, 0.6) is 5.75 Å². The predicted octanol–water partition coefficient (Wildman–Crippen LogP) is 2.07. The fraction of sp³-hybridized carbons (Fsp3) is 0.350. The second-order valence-corrected chi connectivity index (χ2v) is 6.23. The monoisotopic (exact) mass is 340 g/mol. The zero-order valence-corrected chi connectivity index (χ0v) is 14.5. The third-order valence-electron chi connectivity index (χ3n) is 4.62. The Morgan fingerprint density at radius 2 is 1.68 bits per heavy atom. The Morgan fingerprint density at radius 3 is 2.36 bits per heavy atom. The Morgan fingerprint density at radius 1 is 1.04 bits per heavy atom. The number of rotatable bonds is 5. The molecule has 0 spiro atoms. The molecular formula is C20H24N2O3. The van der Waals surface area contributed by atoms with Gasteiger partial charge in [0.2, 0.25) is 0 Å². The summed E-state index contributed by atoms with van der Waals surface area (Å²) in [5.74, 6) is 0.670. The summed E-state index contributed by atoms with van der Waals surface area (Å²) in [6, 6.07) is 17.1. The molecule has 1 amide bonds. The summed E-state index contributed by atoms with van der Waals surface area (Å²) >= 11 is 0. The van der Waals surface area contributed by atoms with Gasteiger partial charge in [0.25, 0.3) is 5.91 Å². The van der Waals surface area contributed by atoms with Crippen LogP contribution in [0.2, 0.25) is 0 Å². The second-order valence-electron chi connectivity index (χ2n) is 6.23. The van der Waals surface area contributed by atoms with Crippen LogP contribution in [0.1, 0.15) is 17.2 Å². The maximum absolute atomic E-state index is 12.5. The molecule has 0 saturated carbocycles. The predicted molar refractivity (Wildman–Crippen MR) is 96.3 cm³/mol. The number of ether oxygens (including phenoxy) is 1. The minimum Gasteiger partial charge on any atom is -0.496 e. The van der Waals surface area contributed by atoms with Gasteiger partial charge in [0.05, 0.1) is 7.11 Å². The fourth-order valence-corrected chi connectivity index (χ4v) is 3.15. The number of benzene rings is 2. The average molecular weight is 340 g/mol. The molecule has 1 atom stereocenters. The second kappa shape index (κ2) is 8.14. The first-order chi connectivity index (χ1) is 12.2. The summed E-state index contributed by atoms with van der Waals surface area (Å²) in [5, 5.41) is 10.3. The maximum atomic E-state index is 12.5. The fourth-order valence-electron chi connectivity index (χ4n) is 3.15. The molecule has 0 aromatic heterocycles. The highest BCUT2D eigenvalue weighted by Crippen LogP contribution is 2.21. The Hall–Kier alpha value is -2.37. The SMILES string of the molecule is COc1ccccc1CN1CCN(C(=O)C(O)c2ccccc2)CC1. The van der Waals surface area contributed by atoms with Crippen molar-refractivity contribution < 1.29 is 14.6 Å². The summed E-state index contributed by atoms with van der Waals surface area (Å²) in [6.45, 7) is 3.61. The van der Waals surface area contributed by atoms with Gasteiger partial charge in [-0.25, -0.2) is 0 Å². The van der Waals surface area contributed by atoms with Crippen LogP contribution < -0.4 is 4.74 Å². The van der Waals surface area contributed by atoms with Crippen LogP contribution in [0, 0.1) is 0 Å². The van der Waals surface area contributed by atoms with Crippen molar-refractivity contribution in [1.29, 1.82) is 0 Å². The first-order valence-electron chi connectivity index (χ1n) is 8.55. The van der Waals surface area contributed by atoms with E-state index in [-0.39, 0.29) is 5.91 Å². The van der Waals surface area contributed by atoms with Gasteiger partial charge in [0.1, 0.15) is 5.75 Å². The number of nitrogens with zero attached hydrogens (tertiary/aromatic N) is 2. The number of para-hydroxylation sites is 1. The lowest BCUT2D eigenvalue weighted by molar-refractivity contribution is -0.142. The van der Waals surface area contributed by atoms with E-state index in [4.69, 9.17) is 4.74 Å². The quantitative estimate of drug-likeness (QED) is 0.905. The van der Waals surface area contributed by atoms with E-state index in [0.29, 0.717) is 18.7 Å². The number of carbonyl (C=O) groups excluding carboxylic acids is 1. The zero-order valence-electron chi connectivity index (χ0n) is 14.5. The summed E-state index contributed by atoms with van der Waals surface area (Å²) in [7, 11) is 1.68. The minimum absolute atomic E-state index is 0.219. The van der Waals surface area contributed by atoms with Gasteiger partial charge < -0.3 is 14.7 Å².